The van der Waals surface area contributed by atoms with Crippen LogP contribution >= 0.6 is 0 Å². The molecule has 0 heterocycles. The highest BCUT2D eigenvalue weighted by molar-refractivity contribution is 5.98. The Hall–Kier alpha value is -2.77. The number of hydrogen-bond donors (Lipinski definition) is 1. The molecule has 1 unspecified atom stereocenters. The Labute approximate surface area is 152 Å². The van der Waals surface area contributed by atoms with E-state index in [-0.39, 0.29) is 24.1 Å². The Balaban J connectivity index is 1.97. The van der Waals surface area contributed by atoms with Crippen molar-refractivity contribution < 1.29 is 14.5 Å². The summed E-state index contributed by atoms with van der Waals surface area (Å²) in [7, 11) is 5.57. The fourth-order valence-corrected chi connectivity index (χ4v) is 2.64. The summed E-state index contributed by atoms with van der Waals surface area (Å²) in [6, 6.07) is 13.7. The van der Waals surface area contributed by atoms with Gasteiger partial charge >= 0.3 is 0 Å². The van der Waals surface area contributed by atoms with Crippen LogP contribution in [-0.2, 0) is 0 Å². The summed E-state index contributed by atoms with van der Waals surface area (Å²) in [4.78, 5) is 24.7. The van der Waals surface area contributed by atoms with Crippen molar-refractivity contribution in [1.82, 2.24) is 10.2 Å². The van der Waals surface area contributed by atoms with Gasteiger partial charge < -0.3 is 15.0 Å². The van der Waals surface area contributed by atoms with E-state index in [1.165, 1.54) is 18.2 Å². The standard InChI is InChI=1S/C19H23N3O4/c1-21(2)18(14-7-9-17(26-3)10-8-14)12-20-13-19(23)15-5-4-6-16(11-15)22(24)25/h4-11,18,20H,12-13H2,1-3H3. The molecule has 0 aromatic heterocycles. The van der Waals surface area contributed by atoms with Crippen molar-refractivity contribution in [2.24, 2.45) is 0 Å². The second-order valence-electron chi connectivity index (χ2n) is 6.11. The molecule has 26 heavy (non-hydrogen) atoms. The lowest BCUT2D eigenvalue weighted by molar-refractivity contribution is -0.384. The highest BCUT2D eigenvalue weighted by Crippen LogP contribution is 2.20. The van der Waals surface area contributed by atoms with Crippen molar-refractivity contribution in [3.63, 3.8) is 0 Å². The number of carbonyl (C=O) groups excluding carboxylic acids is 1. The lowest BCUT2D eigenvalue weighted by Crippen LogP contribution is -2.33. The average Bonchev–Trinajstić information content (AvgIpc) is 2.65. The molecule has 7 nitrogen and oxygen atoms in total. The van der Waals surface area contributed by atoms with E-state index in [0.29, 0.717) is 12.1 Å². The van der Waals surface area contributed by atoms with E-state index in [1.54, 1.807) is 13.2 Å². The number of nitrogens with one attached hydrogen (secondary N) is 1. The second kappa shape index (κ2) is 9.07. The minimum Gasteiger partial charge on any atom is -0.497 e. The first-order valence-corrected chi connectivity index (χ1v) is 8.21. The molecule has 0 spiro atoms. The number of non-ortho nitro benzene ring substituents is 1. The van der Waals surface area contributed by atoms with Gasteiger partial charge in [0.2, 0.25) is 0 Å². The third kappa shape index (κ3) is 5.11. The van der Waals surface area contributed by atoms with Gasteiger partial charge in [0, 0.05) is 30.3 Å². The lowest BCUT2D eigenvalue weighted by Gasteiger charge is -2.25. The zero-order valence-electron chi connectivity index (χ0n) is 15.1. The molecule has 0 fully saturated rings. The van der Waals surface area contributed by atoms with Crippen molar-refractivity contribution >= 4 is 11.5 Å². The Morgan fingerprint density at radius 1 is 1.23 bits per heavy atom. The molecule has 0 bridgehead atoms. The molecule has 2 aromatic carbocycles. The van der Waals surface area contributed by atoms with Crippen molar-refractivity contribution in [1.29, 1.82) is 0 Å². The van der Waals surface area contributed by atoms with Crippen molar-refractivity contribution in [3.05, 3.63) is 69.8 Å². The maximum atomic E-state index is 12.3. The summed E-state index contributed by atoms with van der Waals surface area (Å²) in [6.45, 7) is 0.682. The molecule has 1 N–H and O–H groups in total. The van der Waals surface area contributed by atoms with Gasteiger partial charge in [0.25, 0.3) is 5.69 Å². The average molecular weight is 357 g/mol. The number of ether oxygens (including phenoxy) is 1. The molecule has 0 aliphatic rings. The number of ketones is 1. The first-order chi connectivity index (χ1) is 12.4. The molecule has 7 heteroatoms. The number of benzene rings is 2. The van der Waals surface area contributed by atoms with E-state index >= 15 is 0 Å². The summed E-state index contributed by atoms with van der Waals surface area (Å²) in [5, 5.41) is 14.0. The summed E-state index contributed by atoms with van der Waals surface area (Å²) < 4.78 is 5.18. The van der Waals surface area contributed by atoms with Crippen LogP contribution in [0.4, 0.5) is 5.69 Å². The first-order valence-electron chi connectivity index (χ1n) is 8.21. The van der Waals surface area contributed by atoms with Gasteiger partial charge in [-0.25, -0.2) is 0 Å². The van der Waals surface area contributed by atoms with Gasteiger partial charge in [-0.1, -0.05) is 24.3 Å². The van der Waals surface area contributed by atoms with Crippen LogP contribution in [0.15, 0.2) is 48.5 Å². The van der Waals surface area contributed by atoms with Crippen LogP contribution in [0.25, 0.3) is 0 Å². The molecule has 0 radical (unpaired) electrons. The van der Waals surface area contributed by atoms with Gasteiger partial charge in [0.15, 0.2) is 5.78 Å². The Kier molecular flexibility index (Phi) is 6.82. The number of Topliss-reactive ketones (excluding diaryl/α,β-unsaturated/α-hetero) is 1. The minimum absolute atomic E-state index is 0.0822. The lowest BCUT2D eigenvalue weighted by atomic mass is 10.1. The van der Waals surface area contributed by atoms with Crippen LogP contribution in [0.2, 0.25) is 0 Å². The number of rotatable bonds is 9. The third-order valence-electron chi connectivity index (χ3n) is 4.13. The summed E-state index contributed by atoms with van der Waals surface area (Å²) in [6.07, 6.45) is 0. The Bertz CT molecular complexity index is 760. The maximum absolute atomic E-state index is 12.3. The molecule has 1 atom stereocenters. The number of carbonyl (C=O) groups is 1. The summed E-state index contributed by atoms with van der Waals surface area (Å²) in [5.41, 5.74) is 1.35. The number of hydrogen-bond acceptors (Lipinski definition) is 6. The molecule has 0 saturated carbocycles. The number of nitro benzene ring substituents is 1. The van der Waals surface area contributed by atoms with Crippen LogP contribution in [0.5, 0.6) is 5.75 Å². The highest BCUT2D eigenvalue weighted by atomic mass is 16.6. The van der Waals surface area contributed by atoms with Crippen LogP contribution in [0.3, 0.4) is 0 Å². The SMILES string of the molecule is COc1ccc(C(CNCC(=O)c2cccc([N+](=O)[O-])c2)N(C)C)cc1. The molecule has 138 valence electrons. The van der Waals surface area contributed by atoms with Crippen molar-refractivity contribution in [3.8, 4) is 5.75 Å². The molecular weight excluding hydrogens is 334 g/mol. The third-order valence-corrected chi connectivity index (χ3v) is 4.13. The van der Waals surface area contributed by atoms with E-state index in [0.717, 1.165) is 11.3 Å². The van der Waals surface area contributed by atoms with Gasteiger partial charge in [-0.15, -0.1) is 0 Å². The monoisotopic (exact) mass is 357 g/mol. The number of nitrogens with zero attached hydrogens (tertiary/aromatic N) is 2. The van der Waals surface area contributed by atoms with Crippen molar-refractivity contribution in [2.45, 2.75) is 6.04 Å². The summed E-state index contributed by atoms with van der Waals surface area (Å²) >= 11 is 0. The topological polar surface area (TPSA) is 84.7 Å². The molecule has 2 rings (SSSR count). The first kappa shape index (κ1) is 19.6. The second-order valence-corrected chi connectivity index (χ2v) is 6.11. The van der Waals surface area contributed by atoms with E-state index < -0.39 is 4.92 Å². The van der Waals surface area contributed by atoms with Gasteiger partial charge in [0.1, 0.15) is 5.75 Å². The number of methoxy groups -OCH3 is 1. The highest BCUT2D eigenvalue weighted by Gasteiger charge is 2.16. The fourth-order valence-electron chi connectivity index (χ4n) is 2.64. The van der Waals surface area contributed by atoms with E-state index in [2.05, 4.69) is 10.2 Å². The van der Waals surface area contributed by atoms with Crippen molar-refractivity contribution in [2.75, 3.05) is 34.3 Å². The normalized spacial score (nSPS) is 12.0. The van der Waals surface area contributed by atoms with Crippen LogP contribution in [0.1, 0.15) is 22.0 Å². The zero-order valence-corrected chi connectivity index (χ0v) is 15.1. The van der Waals surface area contributed by atoms with Gasteiger partial charge in [-0.3, -0.25) is 14.9 Å². The van der Waals surface area contributed by atoms with E-state index in [9.17, 15) is 14.9 Å². The van der Waals surface area contributed by atoms with Crippen LogP contribution in [0, 0.1) is 10.1 Å². The predicted octanol–water partition coefficient (Wildman–Crippen LogP) is 2.68. The molecule has 0 amide bonds. The Morgan fingerprint density at radius 3 is 2.50 bits per heavy atom. The van der Waals surface area contributed by atoms with E-state index in [1.807, 2.05) is 38.4 Å². The van der Waals surface area contributed by atoms with Gasteiger partial charge in [-0.05, 0) is 31.8 Å². The molecule has 2 aromatic rings. The molecule has 0 aliphatic carbocycles. The largest absolute Gasteiger partial charge is 0.497 e. The molecular formula is C19H23N3O4. The van der Waals surface area contributed by atoms with Crippen LogP contribution < -0.4 is 10.1 Å². The van der Waals surface area contributed by atoms with Gasteiger partial charge in [0.05, 0.1) is 18.6 Å². The molecule has 0 aliphatic heterocycles. The maximum Gasteiger partial charge on any atom is 0.270 e. The number of nitro groups is 1. The Morgan fingerprint density at radius 2 is 1.92 bits per heavy atom. The quantitative estimate of drug-likeness (QED) is 0.422. The van der Waals surface area contributed by atoms with Gasteiger partial charge in [-0.2, -0.15) is 0 Å². The summed E-state index contributed by atoms with van der Waals surface area (Å²) in [5.74, 6) is 0.612. The van der Waals surface area contributed by atoms with E-state index in [4.69, 9.17) is 4.74 Å². The fraction of sp³-hybridized carbons (Fsp3) is 0.316. The predicted molar refractivity (Wildman–Crippen MR) is 99.7 cm³/mol. The smallest absolute Gasteiger partial charge is 0.270 e. The molecule has 0 saturated heterocycles. The minimum atomic E-state index is -0.504. The van der Waals surface area contributed by atoms with Crippen LogP contribution in [-0.4, -0.2) is 49.9 Å². The zero-order chi connectivity index (χ0) is 19.1. The number of likely N-dealkylation sites (N-methyl/N-ethyl adjacent to an activating group) is 1.